The molecule has 8 nitrogen and oxygen atoms in total. The number of alkyl carbamates (subject to hydrolysis) is 1. The number of nitrogens with one attached hydrogen (secondary N) is 2. The van der Waals surface area contributed by atoms with Crippen LogP contribution in [-0.2, 0) is 19.1 Å². The van der Waals surface area contributed by atoms with Crippen molar-refractivity contribution in [2.45, 2.75) is 37.3 Å². The van der Waals surface area contributed by atoms with Gasteiger partial charge in [-0.1, -0.05) is 48.5 Å². The van der Waals surface area contributed by atoms with Crippen molar-refractivity contribution in [3.8, 4) is 11.1 Å². The number of methoxy groups -OCH3 is 1. The first kappa shape index (κ1) is 22.8. The van der Waals surface area contributed by atoms with E-state index in [4.69, 9.17) is 14.6 Å². The summed E-state index contributed by atoms with van der Waals surface area (Å²) in [4.78, 5) is 35.9. The highest BCUT2D eigenvalue weighted by atomic mass is 16.5. The zero-order valence-corrected chi connectivity index (χ0v) is 18.5. The van der Waals surface area contributed by atoms with Crippen molar-refractivity contribution in [3.05, 3.63) is 59.7 Å². The van der Waals surface area contributed by atoms with Crippen LogP contribution >= 0.6 is 0 Å². The minimum absolute atomic E-state index is 0.0470. The van der Waals surface area contributed by atoms with Crippen LogP contribution in [0.2, 0.25) is 0 Å². The second-order valence-electron chi connectivity index (χ2n) is 8.48. The summed E-state index contributed by atoms with van der Waals surface area (Å²) in [6, 6.07) is 16.0. The molecular formula is C25H28N2O6. The van der Waals surface area contributed by atoms with Gasteiger partial charge >= 0.3 is 12.1 Å². The van der Waals surface area contributed by atoms with Crippen molar-refractivity contribution < 1.29 is 29.0 Å². The van der Waals surface area contributed by atoms with Crippen LogP contribution in [0, 0.1) is 5.92 Å². The van der Waals surface area contributed by atoms with Crippen LogP contribution in [0.25, 0.3) is 11.1 Å². The van der Waals surface area contributed by atoms with Crippen molar-refractivity contribution in [1.82, 2.24) is 10.6 Å². The first-order valence-corrected chi connectivity index (χ1v) is 11.1. The fraction of sp³-hybridized carbons (Fsp3) is 0.400. The van der Waals surface area contributed by atoms with E-state index >= 15 is 0 Å². The van der Waals surface area contributed by atoms with Crippen LogP contribution in [-0.4, -0.2) is 55.5 Å². The van der Waals surface area contributed by atoms with Crippen LogP contribution in [0.3, 0.4) is 0 Å². The Morgan fingerprint density at radius 1 is 1.03 bits per heavy atom. The van der Waals surface area contributed by atoms with Crippen LogP contribution in [0.5, 0.6) is 0 Å². The van der Waals surface area contributed by atoms with Gasteiger partial charge in [0, 0.05) is 19.1 Å². The normalized spacial score (nSPS) is 19.9. The predicted octanol–water partition coefficient (Wildman–Crippen LogP) is 2.91. The van der Waals surface area contributed by atoms with E-state index in [1.807, 2.05) is 36.4 Å². The highest BCUT2D eigenvalue weighted by Crippen LogP contribution is 2.44. The van der Waals surface area contributed by atoms with Crippen molar-refractivity contribution >= 4 is 18.0 Å². The van der Waals surface area contributed by atoms with Crippen LogP contribution in [0.1, 0.15) is 36.3 Å². The molecule has 0 radical (unpaired) electrons. The average molecular weight is 453 g/mol. The van der Waals surface area contributed by atoms with Crippen LogP contribution < -0.4 is 10.6 Å². The lowest BCUT2D eigenvalue weighted by Gasteiger charge is -2.20. The Morgan fingerprint density at radius 3 is 2.24 bits per heavy atom. The third-order valence-corrected chi connectivity index (χ3v) is 6.48. The summed E-state index contributed by atoms with van der Waals surface area (Å²) in [5.41, 5.74) is 4.54. The van der Waals surface area contributed by atoms with Gasteiger partial charge < -0.3 is 25.2 Å². The van der Waals surface area contributed by atoms with Gasteiger partial charge in [-0.3, -0.25) is 9.59 Å². The molecule has 33 heavy (non-hydrogen) atoms. The van der Waals surface area contributed by atoms with Crippen molar-refractivity contribution in [1.29, 1.82) is 0 Å². The third-order valence-electron chi connectivity index (χ3n) is 6.48. The van der Waals surface area contributed by atoms with Gasteiger partial charge in [0.15, 0.2) is 6.10 Å². The average Bonchev–Trinajstić information content (AvgIpc) is 3.41. The largest absolute Gasteiger partial charge is 0.481 e. The standard InChI is InChI=1S/C25H28N2O6/c1-32-22(23(28)27-16-11-10-15(12-16)24(29)30)13-26-25(31)33-14-21-19-8-4-2-6-17(19)18-7-3-5-9-20(18)21/h2-9,15-16,21-22H,10-14H2,1H3,(H,26,31)(H,27,28)(H,29,30). The van der Waals surface area contributed by atoms with Gasteiger partial charge in [-0.15, -0.1) is 0 Å². The summed E-state index contributed by atoms with van der Waals surface area (Å²) in [5, 5.41) is 14.5. The molecule has 2 aromatic rings. The highest BCUT2D eigenvalue weighted by molar-refractivity contribution is 5.82. The molecule has 0 heterocycles. The second kappa shape index (κ2) is 10.0. The molecule has 2 aromatic carbocycles. The van der Waals surface area contributed by atoms with E-state index in [-0.39, 0.29) is 31.0 Å². The first-order chi connectivity index (χ1) is 16.0. The fourth-order valence-electron chi connectivity index (χ4n) is 4.74. The molecule has 3 N–H and O–H groups in total. The SMILES string of the molecule is COC(CNC(=O)OCC1c2ccccc2-c2ccccc21)C(=O)NC1CCC(C(=O)O)C1. The van der Waals surface area contributed by atoms with Gasteiger partial charge in [-0.2, -0.15) is 0 Å². The van der Waals surface area contributed by atoms with E-state index in [1.165, 1.54) is 7.11 Å². The number of benzene rings is 2. The van der Waals surface area contributed by atoms with E-state index in [1.54, 1.807) is 0 Å². The molecule has 2 aliphatic rings. The van der Waals surface area contributed by atoms with Crippen molar-refractivity contribution in [2.75, 3.05) is 20.3 Å². The molecule has 4 rings (SSSR count). The lowest BCUT2D eigenvalue weighted by molar-refractivity contribution is -0.141. The summed E-state index contributed by atoms with van der Waals surface area (Å²) in [7, 11) is 1.39. The van der Waals surface area contributed by atoms with E-state index in [2.05, 4.69) is 22.8 Å². The maximum Gasteiger partial charge on any atom is 0.407 e. The number of carboxylic acids is 1. The lowest BCUT2D eigenvalue weighted by Crippen LogP contribution is -2.46. The summed E-state index contributed by atoms with van der Waals surface area (Å²) in [5.74, 6) is -1.70. The van der Waals surface area contributed by atoms with E-state index in [9.17, 15) is 14.4 Å². The predicted molar refractivity (Wildman–Crippen MR) is 121 cm³/mol. The number of hydrogen-bond acceptors (Lipinski definition) is 5. The van der Waals surface area contributed by atoms with Gasteiger partial charge in [0.25, 0.3) is 5.91 Å². The number of carbonyl (C=O) groups excluding carboxylic acids is 2. The maximum atomic E-state index is 12.5. The third kappa shape index (κ3) is 5.01. The van der Waals surface area contributed by atoms with Crippen LogP contribution in [0.15, 0.2) is 48.5 Å². The van der Waals surface area contributed by atoms with Gasteiger partial charge in [0.05, 0.1) is 12.5 Å². The van der Waals surface area contributed by atoms with E-state index < -0.39 is 24.1 Å². The number of carbonyl (C=O) groups is 3. The number of amides is 2. The minimum Gasteiger partial charge on any atom is -0.481 e. The number of rotatable bonds is 8. The molecule has 0 saturated heterocycles. The van der Waals surface area contributed by atoms with E-state index in [0.717, 1.165) is 22.3 Å². The lowest BCUT2D eigenvalue weighted by atomic mass is 9.98. The molecule has 0 bridgehead atoms. The molecule has 0 aromatic heterocycles. The van der Waals surface area contributed by atoms with Crippen molar-refractivity contribution in [3.63, 3.8) is 0 Å². The number of fused-ring (bicyclic) bond motifs is 3. The second-order valence-corrected chi connectivity index (χ2v) is 8.48. The molecule has 8 heteroatoms. The Balaban J connectivity index is 1.28. The van der Waals surface area contributed by atoms with E-state index in [0.29, 0.717) is 19.3 Å². The molecular weight excluding hydrogens is 424 g/mol. The summed E-state index contributed by atoms with van der Waals surface area (Å²) in [6.07, 6.45) is 0.0273. The Kier molecular flexibility index (Phi) is 6.93. The summed E-state index contributed by atoms with van der Waals surface area (Å²) < 4.78 is 10.7. The number of hydrogen-bond donors (Lipinski definition) is 3. The Bertz CT molecular complexity index is 994. The summed E-state index contributed by atoms with van der Waals surface area (Å²) >= 11 is 0. The molecule has 1 saturated carbocycles. The molecule has 0 aliphatic heterocycles. The Labute approximate surface area is 192 Å². The zero-order chi connectivity index (χ0) is 23.4. The molecule has 0 spiro atoms. The van der Waals surface area contributed by atoms with Crippen LogP contribution in [0.4, 0.5) is 4.79 Å². The molecule has 3 atom stereocenters. The number of carboxylic acid groups (broad SMARTS) is 1. The topological polar surface area (TPSA) is 114 Å². The molecule has 2 amide bonds. The Morgan fingerprint density at radius 2 is 1.67 bits per heavy atom. The van der Waals surface area contributed by atoms with Gasteiger partial charge in [0.1, 0.15) is 6.61 Å². The molecule has 1 fully saturated rings. The zero-order valence-electron chi connectivity index (χ0n) is 18.5. The monoisotopic (exact) mass is 452 g/mol. The smallest absolute Gasteiger partial charge is 0.407 e. The van der Waals surface area contributed by atoms with Gasteiger partial charge in [0.2, 0.25) is 0 Å². The maximum absolute atomic E-state index is 12.5. The van der Waals surface area contributed by atoms with Gasteiger partial charge in [-0.05, 0) is 41.5 Å². The number of ether oxygens (including phenoxy) is 2. The summed E-state index contributed by atoms with van der Waals surface area (Å²) in [6.45, 7) is 0.135. The fourth-order valence-corrected chi connectivity index (χ4v) is 4.74. The first-order valence-electron chi connectivity index (χ1n) is 11.1. The Hall–Kier alpha value is -3.39. The molecule has 3 unspecified atom stereocenters. The number of aliphatic carboxylic acids is 1. The minimum atomic E-state index is -0.894. The quantitative estimate of drug-likeness (QED) is 0.568. The highest BCUT2D eigenvalue weighted by Gasteiger charge is 2.32. The van der Waals surface area contributed by atoms with Crippen molar-refractivity contribution in [2.24, 2.45) is 5.92 Å². The molecule has 2 aliphatic carbocycles. The van der Waals surface area contributed by atoms with Gasteiger partial charge in [-0.25, -0.2) is 4.79 Å². The molecule has 174 valence electrons.